The summed E-state index contributed by atoms with van der Waals surface area (Å²) >= 11 is 0. The van der Waals surface area contributed by atoms with Crippen molar-refractivity contribution in [1.82, 2.24) is 25.1 Å². The highest BCUT2D eigenvalue weighted by Gasteiger charge is 2.37. The van der Waals surface area contributed by atoms with E-state index in [9.17, 15) is 9.90 Å². The van der Waals surface area contributed by atoms with E-state index in [1.165, 1.54) is 6.08 Å². The Labute approximate surface area is 179 Å². The Hall–Kier alpha value is -4.00. The first kappa shape index (κ1) is 19.0. The fourth-order valence-corrected chi connectivity index (χ4v) is 4.34. The number of hydrogen-bond donors (Lipinski definition) is 2. The van der Waals surface area contributed by atoms with Gasteiger partial charge in [-0.05, 0) is 42.0 Å². The molecule has 0 radical (unpaired) electrons. The Morgan fingerprint density at radius 2 is 1.97 bits per heavy atom. The zero-order chi connectivity index (χ0) is 21.4. The van der Waals surface area contributed by atoms with Gasteiger partial charge in [0.25, 0.3) is 0 Å². The molecule has 1 aromatic carbocycles. The highest BCUT2D eigenvalue weighted by molar-refractivity contribution is 5.87. The molecule has 0 spiro atoms. The van der Waals surface area contributed by atoms with Gasteiger partial charge in [-0.3, -0.25) is 9.78 Å². The number of nitrogens with one attached hydrogen (secondary N) is 1. The summed E-state index contributed by atoms with van der Waals surface area (Å²) in [6, 6.07) is 15.0. The van der Waals surface area contributed by atoms with Crippen molar-refractivity contribution in [1.29, 1.82) is 0 Å². The van der Waals surface area contributed by atoms with E-state index in [0.29, 0.717) is 30.0 Å². The minimum atomic E-state index is -0.0749. The summed E-state index contributed by atoms with van der Waals surface area (Å²) in [5.74, 6) is 0.263. The Bertz CT molecular complexity index is 1270. The van der Waals surface area contributed by atoms with Gasteiger partial charge in [0.1, 0.15) is 5.75 Å². The van der Waals surface area contributed by atoms with E-state index in [1.54, 1.807) is 18.3 Å². The Morgan fingerprint density at radius 1 is 1.13 bits per heavy atom. The molecule has 2 N–H and O–H groups in total. The third-order valence-corrected chi connectivity index (χ3v) is 5.90. The monoisotopic (exact) mass is 411 g/mol. The lowest BCUT2D eigenvalue weighted by Crippen LogP contribution is -2.26. The third kappa shape index (κ3) is 3.44. The molecule has 0 bridgehead atoms. The molecule has 1 amide bonds. The number of nitrogens with zero attached hydrogens (tertiary/aromatic N) is 4. The number of aromatic hydroxyl groups is 1. The summed E-state index contributed by atoms with van der Waals surface area (Å²) in [6.07, 6.45) is 4.97. The number of likely N-dealkylation sites (tertiary alicyclic amines) is 1. The van der Waals surface area contributed by atoms with Gasteiger partial charge in [0.15, 0.2) is 5.65 Å². The fraction of sp³-hybridized carbons (Fsp3) is 0.167. The molecule has 4 aromatic rings. The molecule has 1 saturated heterocycles. The molecule has 4 heterocycles. The quantitative estimate of drug-likeness (QED) is 0.500. The Balaban J connectivity index is 1.54. The van der Waals surface area contributed by atoms with Gasteiger partial charge in [-0.2, -0.15) is 0 Å². The fourth-order valence-electron chi connectivity index (χ4n) is 4.34. The van der Waals surface area contributed by atoms with Crippen molar-refractivity contribution in [2.75, 3.05) is 13.1 Å². The average Bonchev–Trinajstić information content (AvgIpc) is 3.43. The zero-order valence-electron chi connectivity index (χ0n) is 16.8. The zero-order valence-corrected chi connectivity index (χ0v) is 16.8. The summed E-state index contributed by atoms with van der Waals surface area (Å²) in [6.45, 7) is 4.81. The maximum Gasteiger partial charge on any atom is 0.245 e. The van der Waals surface area contributed by atoms with Gasteiger partial charge in [0, 0.05) is 54.0 Å². The number of phenolic OH excluding ortho intramolecular Hbond substituents is 1. The number of para-hydroxylation sites is 1. The molecule has 1 fully saturated rings. The maximum atomic E-state index is 12.3. The van der Waals surface area contributed by atoms with Crippen molar-refractivity contribution in [2.45, 2.75) is 11.8 Å². The van der Waals surface area contributed by atoms with E-state index in [0.717, 1.165) is 16.6 Å². The number of aromatic nitrogens is 4. The molecule has 5 rings (SSSR count). The highest BCUT2D eigenvalue weighted by Crippen LogP contribution is 2.40. The van der Waals surface area contributed by atoms with Crippen molar-refractivity contribution in [2.24, 2.45) is 0 Å². The van der Waals surface area contributed by atoms with Crippen molar-refractivity contribution >= 4 is 16.9 Å². The van der Waals surface area contributed by atoms with E-state index in [4.69, 9.17) is 0 Å². The third-order valence-electron chi connectivity index (χ3n) is 5.90. The second-order valence-electron chi connectivity index (χ2n) is 7.72. The first-order valence-electron chi connectivity index (χ1n) is 10.1. The van der Waals surface area contributed by atoms with Gasteiger partial charge in [-0.25, -0.2) is 0 Å². The first-order valence-corrected chi connectivity index (χ1v) is 10.1. The number of pyridine rings is 1. The minimum Gasteiger partial charge on any atom is -0.507 e. The van der Waals surface area contributed by atoms with Gasteiger partial charge < -0.3 is 15.0 Å². The molecule has 1 aliphatic rings. The van der Waals surface area contributed by atoms with Crippen LogP contribution < -0.4 is 0 Å². The lowest BCUT2D eigenvalue weighted by molar-refractivity contribution is -0.125. The lowest BCUT2D eigenvalue weighted by Gasteiger charge is -2.16. The highest BCUT2D eigenvalue weighted by atomic mass is 16.3. The molecule has 154 valence electrons. The van der Waals surface area contributed by atoms with Crippen LogP contribution in [0, 0.1) is 0 Å². The number of H-pyrrole nitrogens is 1. The second-order valence-corrected chi connectivity index (χ2v) is 7.72. The van der Waals surface area contributed by atoms with Crippen molar-refractivity contribution in [3.63, 3.8) is 0 Å². The Kier molecular flexibility index (Phi) is 4.71. The van der Waals surface area contributed by atoms with Crippen molar-refractivity contribution in [3.05, 3.63) is 84.8 Å². The summed E-state index contributed by atoms with van der Waals surface area (Å²) in [5.41, 5.74) is 4.00. The second kappa shape index (κ2) is 7.68. The van der Waals surface area contributed by atoms with Crippen LogP contribution in [0.2, 0.25) is 0 Å². The molecule has 0 saturated carbocycles. The van der Waals surface area contributed by atoms with Crippen LogP contribution >= 0.6 is 0 Å². The maximum absolute atomic E-state index is 12.3. The number of carbonyl (C=O) groups excluding carboxylic acids is 1. The van der Waals surface area contributed by atoms with Crippen LogP contribution in [0.4, 0.5) is 0 Å². The van der Waals surface area contributed by atoms with Gasteiger partial charge in [0.05, 0.1) is 5.69 Å². The number of phenols is 1. The summed E-state index contributed by atoms with van der Waals surface area (Å²) in [5, 5.41) is 19.7. The van der Waals surface area contributed by atoms with Gasteiger partial charge in [-0.1, -0.05) is 24.8 Å². The molecule has 7 nitrogen and oxygen atoms in total. The molecule has 3 aromatic heterocycles. The summed E-state index contributed by atoms with van der Waals surface area (Å²) in [7, 11) is 0. The number of fused-ring (bicyclic) bond motifs is 1. The normalized spacial score (nSPS) is 18.4. The number of hydrogen-bond acceptors (Lipinski definition) is 5. The number of aromatic amines is 1. The molecule has 7 heteroatoms. The van der Waals surface area contributed by atoms with Gasteiger partial charge in [-0.15, -0.1) is 10.2 Å². The van der Waals surface area contributed by atoms with Crippen LogP contribution in [0.5, 0.6) is 5.75 Å². The average molecular weight is 411 g/mol. The number of rotatable bonds is 4. The van der Waals surface area contributed by atoms with Crippen LogP contribution in [0.3, 0.4) is 0 Å². The molecular formula is C24H21N5O2. The predicted octanol–water partition coefficient (Wildman–Crippen LogP) is 3.62. The molecule has 2 atom stereocenters. The van der Waals surface area contributed by atoms with Crippen LogP contribution in [0.1, 0.15) is 23.1 Å². The number of carbonyl (C=O) groups is 1. The Morgan fingerprint density at radius 3 is 2.74 bits per heavy atom. The van der Waals surface area contributed by atoms with Crippen LogP contribution in [-0.4, -0.2) is 49.2 Å². The van der Waals surface area contributed by atoms with Gasteiger partial charge >= 0.3 is 0 Å². The lowest BCUT2D eigenvalue weighted by atomic mass is 9.87. The largest absolute Gasteiger partial charge is 0.507 e. The summed E-state index contributed by atoms with van der Waals surface area (Å²) < 4.78 is 0. The van der Waals surface area contributed by atoms with Crippen LogP contribution in [-0.2, 0) is 4.79 Å². The topological polar surface area (TPSA) is 95.0 Å². The smallest absolute Gasteiger partial charge is 0.245 e. The number of amides is 1. The van der Waals surface area contributed by atoms with E-state index < -0.39 is 0 Å². The standard InChI is InChI=1S/C24H21N5O2/c1-2-23(31)29-13-18(15-6-5-9-25-12-15)19(14-29)20-10-16-11-21(27-28-24(16)26-20)17-7-3-4-8-22(17)30/h2-12,18-19,30H,1,13-14H2,(H,26,28)/t18-,19+/m0/s1. The summed E-state index contributed by atoms with van der Waals surface area (Å²) in [4.78, 5) is 21.8. The van der Waals surface area contributed by atoms with Crippen molar-refractivity contribution < 1.29 is 9.90 Å². The van der Waals surface area contributed by atoms with E-state index in [1.807, 2.05) is 41.4 Å². The minimum absolute atomic E-state index is 0.0656. The van der Waals surface area contributed by atoms with Crippen LogP contribution in [0.25, 0.3) is 22.3 Å². The van der Waals surface area contributed by atoms with E-state index >= 15 is 0 Å². The molecular weight excluding hydrogens is 390 g/mol. The van der Waals surface area contributed by atoms with Crippen LogP contribution in [0.15, 0.2) is 73.6 Å². The molecule has 0 aliphatic carbocycles. The first-order chi connectivity index (χ1) is 15.1. The number of benzene rings is 1. The van der Waals surface area contributed by atoms with Crippen molar-refractivity contribution in [3.8, 4) is 17.0 Å². The van der Waals surface area contributed by atoms with E-state index in [-0.39, 0.29) is 23.5 Å². The van der Waals surface area contributed by atoms with E-state index in [2.05, 4.69) is 32.8 Å². The van der Waals surface area contributed by atoms with Gasteiger partial charge in [0.2, 0.25) is 5.91 Å². The SMILES string of the molecule is C=CC(=O)N1C[C@@H](c2cccnc2)[C@H](c2cc3cc(-c4ccccc4O)nnc3[nH]2)C1. The molecule has 0 unspecified atom stereocenters. The molecule has 31 heavy (non-hydrogen) atoms. The molecule has 1 aliphatic heterocycles. The predicted molar refractivity (Wildman–Crippen MR) is 117 cm³/mol.